The van der Waals surface area contributed by atoms with Crippen molar-refractivity contribution in [1.29, 1.82) is 0 Å². The minimum absolute atomic E-state index is 0.863. The zero-order chi connectivity index (χ0) is 29.6. The Kier molecular flexibility index (Phi) is 6.59. The number of fused-ring (bicyclic) bond motifs is 2. The van der Waals surface area contributed by atoms with Crippen LogP contribution in [0, 0.1) is 0 Å². The van der Waals surface area contributed by atoms with E-state index in [0.29, 0.717) is 0 Å². The molecule has 6 heteroatoms. The van der Waals surface area contributed by atoms with E-state index in [1.54, 1.807) is 0 Å². The highest BCUT2D eigenvalue weighted by molar-refractivity contribution is 7.80. The summed E-state index contributed by atoms with van der Waals surface area (Å²) in [6.45, 7) is 0. The topological polar surface area (TPSA) is 35.6 Å². The maximum atomic E-state index is 5.10. The van der Waals surface area contributed by atoms with Crippen molar-refractivity contribution in [2.24, 2.45) is 0 Å². The Bertz CT molecular complexity index is 2140. The van der Waals surface area contributed by atoms with E-state index < -0.39 is 0 Å². The van der Waals surface area contributed by atoms with Gasteiger partial charge in [0, 0.05) is 32.3 Å². The first kappa shape index (κ1) is 26.6. The third kappa shape index (κ3) is 4.51. The summed E-state index contributed by atoms with van der Waals surface area (Å²) < 4.78 is 4.45. The van der Waals surface area contributed by atoms with Crippen molar-refractivity contribution in [2.45, 2.75) is 9.79 Å². The molecule has 0 atom stereocenters. The van der Waals surface area contributed by atoms with Gasteiger partial charge in [-0.2, -0.15) is 0 Å². The molecule has 8 aromatic rings. The molecule has 0 aliphatic rings. The lowest BCUT2D eigenvalue weighted by Gasteiger charge is -2.12. The van der Waals surface area contributed by atoms with E-state index >= 15 is 0 Å². The van der Waals surface area contributed by atoms with Crippen LogP contribution in [0.5, 0.6) is 0 Å². The molecule has 0 bridgehead atoms. The van der Waals surface area contributed by atoms with Crippen molar-refractivity contribution in [1.82, 2.24) is 19.1 Å². The van der Waals surface area contributed by atoms with Crippen LogP contribution in [0.2, 0.25) is 0 Å². The standard InChI is InChI=1S/C38H26N4S2/c43-35-17-9-7-15-29(35)37-39-31-21-19-25(23-33(31)41(37)27-11-3-1-4-12-27)26-20-22-32-34(24-26)42(28-13-5-2-6-14-28)38(40-32)30-16-8-10-18-36(30)44/h1-24,43-44H. The summed E-state index contributed by atoms with van der Waals surface area (Å²) in [7, 11) is 0. The van der Waals surface area contributed by atoms with Gasteiger partial charge in [0.1, 0.15) is 11.6 Å². The molecule has 210 valence electrons. The number of rotatable bonds is 5. The molecule has 0 unspecified atom stereocenters. The summed E-state index contributed by atoms with van der Waals surface area (Å²) >= 11 is 9.54. The summed E-state index contributed by atoms with van der Waals surface area (Å²) in [6, 6.07) is 49.9. The van der Waals surface area contributed by atoms with Crippen molar-refractivity contribution < 1.29 is 0 Å². The van der Waals surface area contributed by atoms with Gasteiger partial charge in [-0.15, -0.1) is 25.3 Å². The third-order valence-corrected chi connectivity index (χ3v) is 8.74. The van der Waals surface area contributed by atoms with Gasteiger partial charge in [0.2, 0.25) is 0 Å². The smallest absolute Gasteiger partial charge is 0.146 e. The van der Waals surface area contributed by atoms with Gasteiger partial charge in [-0.1, -0.05) is 84.9 Å². The molecule has 0 aliphatic carbocycles. The fraction of sp³-hybridized carbons (Fsp3) is 0. The number of para-hydroxylation sites is 2. The maximum absolute atomic E-state index is 5.10. The molecule has 2 heterocycles. The molecular formula is C38H26N4S2. The van der Waals surface area contributed by atoms with Crippen LogP contribution in [0.1, 0.15) is 0 Å². The van der Waals surface area contributed by atoms with Crippen LogP contribution < -0.4 is 0 Å². The Morgan fingerprint density at radius 3 is 1.20 bits per heavy atom. The van der Waals surface area contributed by atoms with Gasteiger partial charge >= 0.3 is 0 Å². The van der Waals surface area contributed by atoms with E-state index in [2.05, 4.69) is 106 Å². The van der Waals surface area contributed by atoms with E-state index in [0.717, 1.165) is 77.1 Å². The zero-order valence-electron chi connectivity index (χ0n) is 23.5. The van der Waals surface area contributed by atoms with E-state index in [1.165, 1.54) is 0 Å². The molecule has 0 radical (unpaired) electrons. The molecule has 0 N–H and O–H groups in total. The Morgan fingerprint density at radius 1 is 0.409 bits per heavy atom. The molecular weight excluding hydrogens is 577 g/mol. The number of aromatic nitrogens is 4. The number of thiol groups is 2. The summed E-state index contributed by atoms with van der Waals surface area (Å²) in [4.78, 5) is 12.0. The fourth-order valence-corrected chi connectivity index (χ4v) is 6.39. The van der Waals surface area contributed by atoms with Gasteiger partial charge in [0.05, 0.1) is 22.1 Å². The van der Waals surface area contributed by atoms with Gasteiger partial charge < -0.3 is 0 Å². The lowest BCUT2D eigenvalue weighted by molar-refractivity contribution is 1.09. The van der Waals surface area contributed by atoms with Gasteiger partial charge in [-0.25, -0.2) is 9.97 Å². The number of hydrogen-bond acceptors (Lipinski definition) is 4. The second kappa shape index (κ2) is 10.9. The molecule has 0 aliphatic heterocycles. The van der Waals surface area contributed by atoms with Gasteiger partial charge in [-0.3, -0.25) is 9.13 Å². The first-order chi connectivity index (χ1) is 21.7. The van der Waals surface area contributed by atoms with E-state index in [9.17, 15) is 0 Å². The second-order valence-corrected chi connectivity index (χ2v) is 11.6. The summed E-state index contributed by atoms with van der Waals surface area (Å²) in [6.07, 6.45) is 0. The Morgan fingerprint density at radius 2 is 0.795 bits per heavy atom. The molecule has 2 aromatic heterocycles. The lowest BCUT2D eigenvalue weighted by atomic mass is 10.0. The lowest BCUT2D eigenvalue weighted by Crippen LogP contribution is -1.98. The van der Waals surface area contributed by atoms with Gasteiger partial charge in [0.25, 0.3) is 0 Å². The van der Waals surface area contributed by atoms with Crippen molar-refractivity contribution in [2.75, 3.05) is 0 Å². The second-order valence-electron chi connectivity index (χ2n) is 10.7. The van der Waals surface area contributed by atoms with Crippen molar-refractivity contribution in [3.05, 3.63) is 146 Å². The predicted octanol–water partition coefficient (Wildman–Crippen LogP) is 9.94. The van der Waals surface area contributed by atoms with Crippen LogP contribution in [0.25, 0.3) is 67.3 Å². The Balaban J connectivity index is 1.35. The number of benzene rings is 6. The van der Waals surface area contributed by atoms with Crippen LogP contribution in [0.4, 0.5) is 0 Å². The van der Waals surface area contributed by atoms with Crippen molar-refractivity contribution in [3.63, 3.8) is 0 Å². The monoisotopic (exact) mass is 602 g/mol. The number of imidazole rings is 2. The number of hydrogen-bond donors (Lipinski definition) is 2. The molecule has 6 aromatic carbocycles. The minimum Gasteiger partial charge on any atom is -0.292 e. The highest BCUT2D eigenvalue weighted by Gasteiger charge is 2.19. The SMILES string of the molecule is Sc1ccccc1-c1nc2ccc(-c3ccc4nc(-c5ccccc5S)n(-c5ccccc5)c4c3)cc2n1-c1ccccc1. The van der Waals surface area contributed by atoms with Crippen LogP contribution in [-0.4, -0.2) is 19.1 Å². The van der Waals surface area contributed by atoms with Gasteiger partial charge in [0.15, 0.2) is 0 Å². The van der Waals surface area contributed by atoms with Crippen LogP contribution >= 0.6 is 25.3 Å². The normalized spacial score (nSPS) is 11.4. The van der Waals surface area contributed by atoms with Gasteiger partial charge in [-0.05, 0) is 71.8 Å². The third-order valence-electron chi connectivity index (χ3n) is 7.96. The quantitative estimate of drug-likeness (QED) is 0.192. The first-order valence-corrected chi connectivity index (χ1v) is 15.3. The Hall–Kier alpha value is -5.04. The summed E-state index contributed by atoms with van der Waals surface area (Å²) in [5, 5.41) is 0. The fourth-order valence-electron chi connectivity index (χ4n) is 5.87. The molecule has 0 amide bonds. The van der Waals surface area contributed by atoms with E-state index in [1.807, 2.05) is 48.5 Å². The first-order valence-electron chi connectivity index (χ1n) is 14.4. The van der Waals surface area contributed by atoms with Crippen LogP contribution in [0.15, 0.2) is 155 Å². The molecule has 0 fully saturated rings. The zero-order valence-corrected chi connectivity index (χ0v) is 25.3. The largest absolute Gasteiger partial charge is 0.292 e. The molecule has 44 heavy (non-hydrogen) atoms. The molecule has 4 nitrogen and oxygen atoms in total. The van der Waals surface area contributed by atoms with Crippen molar-refractivity contribution >= 4 is 47.3 Å². The Labute approximate surface area is 266 Å². The van der Waals surface area contributed by atoms with Crippen LogP contribution in [-0.2, 0) is 0 Å². The van der Waals surface area contributed by atoms with Crippen molar-refractivity contribution in [3.8, 4) is 45.3 Å². The summed E-state index contributed by atoms with van der Waals surface area (Å²) in [5.74, 6) is 1.73. The van der Waals surface area contributed by atoms with E-state index in [4.69, 9.17) is 35.2 Å². The molecule has 0 spiro atoms. The minimum atomic E-state index is 0.863. The highest BCUT2D eigenvalue weighted by atomic mass is 32.1. The highest BCUT2D eigenvalue weighted by Crippen LogP contribution is 2.37. The summed E-state index contributed by atoms with van der Waals surface area (Å²) in [5.41, 5.74) is 10.2. The predicted molar refractivity (Wildman–Crippen MR) is 187 cm³/mol. The molecule has 0 saturated carbocycles. The molecule has 8 rings (SSSR count). The maximum Gasteiger partial charge on any atom is 0.146 e. The average Bonchev–Trinajstić information content (AvgIpc) is 3.64. The average molecular weight is 603 g/mol. The molecule has 0 saturated heterocycles. The number of nitrogens with zero attached hydrogens (tertiary/aromatic N) is 4. The van der Waals surface area contributed by atoms with E-state index in [-0.39, 0.29) is 0 Å². The van der Waals surface area contributed by atoms with Crippen LogP contribution in [0.3, 0.4) is 0 Å².